The molecule has 0 saturated carbocycles. The number of hydrogen-bond donors (Lipinski definition) is 0. The molecule has 0 unspecified atom stereocenters. The Morgan fingerprint density at radius 1 is 1.22 bits per heavy atom. The number of imidazole rings is 1. The van der Waals surface area contributed by atoms with E-state index in [1.807, 2.05) is 11.8 Å². The maximum atomic E-state index is 4.68. The molecule has 0 N–H and O–H groups in total. The van der Waals surface area contributed by atoms with Gasteiger partial charge in [-0.25, -0.2) is 4.98 Å². The Balaban J connectivity index is 2.68. The van der Waals surface area contributed by atoms with Gasteiger partial charge in [0.15, 0.2) is 0 Å². The molecule has 1 aromatic heterocycles. The normalized spacial score (nSPS) is 13.5. The summed E-state index contributed by atoms with van der Waals surface area (Å²) in [6, 6.07) is 0. The van der Waals surface area contributed by atoms with Crippen molar-refractivity contribution < 1.29 is 0 Å². The van der Waals surface area contributed by atoms with Gasteiger partial charge in [-0.3, -0.25) is 0 Å². The molecule has 0 amide bonds. The topological polar surface area (TPSA) is 17.8 Å². The van der Waals surface area contributed by atoms with Crippen LogP contribution >= 0.6 is 11.8 Å². The Kier molecular flexibility index (Phi) is 4.71. The Labute approximate surface area is 116 Å². The van der Waals surface area contributed by atoms with E-state index in [4.69, 9.17) is 0 Å². The quantitative estimate of drug-likeness (QED) is 0.803. The number of aromatic nitrogens is 2. The zero-order valence-corrected chi connectivity index (χ0v) is 13.6. The molecular formula is C15H26N2S. The van der Waals surface area contributed by atoms with E-state index in [1.54, 1.807) is 0 Å². The van der Waals surface area contributed by atoms with Gasteiger partial charge in [0.1, 0.15) is 5.82 Å². The molecule has 0 saturated heterocycles. The molecule has 1 heterocycles. The second kappa shape index (κ2) is 5.52. The number of aryl methyl sites for hydroxylation is 1. The van der Waals surface area contributed by atoms with Crippen molar-refractivity contribution in [2.75, 3.05) is 5.75 Å². The van der Waals surface area contributed by atoms with Gasteiger partial charge in [-0.2, -0.15) is 0 Å². The van der Waals surface area contributed by atoms with Crippen molar-refractivity contribution in [2.24, 2.45) is 12.5 Å². The molecular weight excluding hydrogens is 240 g/mol. The highest BCUT2D eigenvalue weighted by Gasteiger charge is 2.17. The third-order valence-corrected chi connectivity index (χ3v) is 3.87. The van der Waals surface area contributed by atoms with Crippen molar-refractivity contribution in [3.05, 3.63) is 23.1 Å². The molecule has 0 bridgehead atoms. The monoisotopic (exact) mass is 266 g/mol. The van der Waals surface area contributed by atoms with Crippen LogP contribution in [0, 0.1) is 5.41 Å². The first-order valence-electron chi connectivity index (χ1n) is 6.41. The van der Waals surface area contributed by atoms with E-state index in [-0.39, 0.29) is 5.41 Å². The summed E-state index contributed by atoms with van der Waals surface area (Å²) >= 11 is 1.85. The van der Waals surface area contributed by atoms with E-state index in [1.165, 1.54) is 0 Å². The van der Waals surface area contributed by atoms with Gasteiger partial charge in [0.05, 0.1) is 5.69 Å². The predicted molar refractivity (Wildman–Crippen MR) is 82.9 cm³/mol. The van der Waals surface area contributed by atoms with Crippen LogP contribution in [0.3, 0.4) is 0 Å². The summed E-state index contributed by atoms with van der Waals surface area (Å²) in [5.41, 5.74) is 1.63. The van der Waals surface area contributed by atoms with Crippen LogP contribution in [0.15, 0.2) is 11.6 Å². The van der Waals surface area contributed by atoms with Crippen LogP contribution in [0.2, 0.25) is 0 Å². The molecule has 1 rings (SSSR count). The molecule has 3 heteroatoms. The number of hydrogen-bond acceptors (Lipinski definition) is 2. The fourth-order valence-corrected chi connectivity index (χ4v) is 2.22. The standard InChI is InChI=1S/C15H26N2S/c1-14(2,3)11-18-9-8-13-16-12(10-17(13)7)15(4,5)6/h8-10H,11H2,1-7H3. The molecule has 18 heavy (non-hydrogen) atoms. The first kappa shape index (κ1) is 15.4. The van der Waals surface area contributed by atoms with Gasteiger partial charge in [-0.05, 0) is 16.9 Å². The largest absolute Gasteiger partial charge is 0.334 e. The summed E-state index contributed by atoms with van der Waals surface area (Å²) in [6.07, 6.45) is 4.22. The van der Waals surface area contributed by atoms with Crippen molar-refractivity contribution in [1.82, 2.24) is 9.55 Å². The number of thioether (sulfide) groups is 1. The van der Waals surface area contributed by atoms with Crippen LogP contribution in [0.4, 0.5) is 0 Å². The summed E-state index contributed by atoms with van der Waals surface area (Å²) in [6.45, 7) is 13.3. The highest BCUT2D eigenvalue weighted by atomic mass is 32.2. The SMILES string of the molecule is Cn1cc(C(C)(C)C)nc1C=CSCC(C)(C)C. The molecule has 0 spiro atoms. The van der Waals surface area contributed by atoms with Crippen LogP contribution in [-0.2, 0) is 12.5 Å². The summed E-state index contributed by atoms with van der Waals surface area (Å²) in [4.78, 5) is 4.68. The van der Waals surface area contributed by atoms with Crippen molar-refractivity contribution in [3.8, 4) is 0 Å². The van der Waals surface area contributed by atoms with Gasteiger partial charge < -0.3 is 4.57 Å². The maximum Gasteiger partial charge on any atom is 0.133 e. The summed E-state index contributed by atoms with van der Waals surface area (Å²) < 4.78 is 2.09. The molecule has 0 aromatic carbocycles. The second-order valence-corrected chi connectivity index (χ2v) is 7.91. The van der Waals surface area contributed by atoms with Crippen LogP contribution in [0.25, 0.3) is 6.08 Å². The Hall–Kier alpha value is -0.700. The van der Waals surface area contributed by atoms with Crippen LogP contribution < -0.4 is 0 Å². The van der Waals surface area contributed by atoms with E-state index in [0.717, 1.165) is 17.3 Å². The average Bonchev–Trinajstić information content (AvgIpc) is 2.53. The van der Waals surface area contributed by atoms with E-state index in [2.05, 4.69) is 75.8 Å². The first-order chi connectivity index (χ1) is 8.09. The van der Waals surface area contributed by atoms with Crippen LogP contribution in [0.5, 0.6) is 0 Å². The second-order valence-electron chi connectivity index (χ2n) is 7.02. The van der Waals surface area contributed by atoms with Crippen LogP contribution in [0.1, 0.15) is 53.1 Å². The Morgan fingerprint density at radius 3 is 2.28 bits per heavy atom. The molecule has 2 nitrogen and oxygen atoms in total. The zero-order valence-electron chi connectivity index (χ0n) is 12.7. The predicted octanol–water partition coefficient (Wildman–Crippen LogP) is 4.47. The summed E-state index contributed by atoms with van der Waals surface area (Å²) in [5.74, 6) is 2.15. The van der Waals surface area contributed by atoms with Gasteiger partial charge in [0.25, 0.3) is 0 Å². The maximum absolute atomic E-state index is 4.68. The minimum absolute atomic E-state index is 0.113. The summed E-state index contributed by atoms with van der Waals surface area (Å²) in [5, 5.41) is 2.15. The lowest BCUT2D eigenvalue weighted by Crippen LogP contribution is -2.11. The zero-order chi connectivity index (χ0) is 14.0. The van der Waals surface area contributed by atoms with Gasteiger partial charge in [0, 0.05) is 24.4 Å². The minimum atomic E-state index is 0.113. The highest BCUT2D eigenvalue weighted by molar-refractivity contribution is 8.02. The van der Waals surface area contributed by atoms with Crippen LogP contribution in [-0.4, -0.2) is 15.3 Å². The van der Waals surface area contributed by atoms with Crippen molar-refractivity contribution >= 4 is 17.8 Å². The van der Waals surface area contributed by atoms with E-state index >= 15 is 0 Å². The lowest BCUT2D eigenvalue weighted by atomic mass is 9.93. The third kappa shape index (κ3) is 4.89. The fourth-order valence-electron chi connectivity index (χ4n) is 1.40. The van der Waals surface area contributed by atoms with Gasteiger partial charge in [-0.1, -0.05) is 41.5 Å². The number of rotatable bonds is 3. The van der Waals surface area contributed by atoms with Crippen molar-refractivity contribution in [3.63, 3.8) is 0 Å². The molecule has 0 aliphatic carbocycles. The molecule has 0 aliphatic rings. The van der Waals surface area contributed by atoms with E-state index in [9.17, 15) is 0 Å². The lowest BCUT2D eigenvalue weighted by molar-refractivity contribution is 0.481. The van der Waals surface area contributed by atoms with Gasteiger partial charge in [-0.15, -0.1) is 11.8 Å². The Bertz CT molecular complexity index is 417. The molecule has 0 aliphatic heterocycles. The average molecular weight is 266 g/mol. The van der Waals surface area contributed by atoms with Gasteiger partial charge in [0.2, 0.25) is 0 Å². The molecule has 0 radical (unpaired) electrons. The van der Waals surface area contributed by atoms with Crippen molar-refractivity contribution in [1.29, 1.82) is 0 Å². The fraction of sp³-hybridized carbons (Fsp3) is 0.667. The van der Waals surface area contributed by atoms with E-state index < -0.39 is 0 Å². The van der Waals surface area contributed by atoms with E-state index in [0.29, 0.717) is 5.41 Å². The minimum Gasteiger partial charge on any atom is -0.334 e. The molecule has 1 aromatic rings. The first-order valence-corrected chi connectivity index (χ1v) is 7.46. The number of nitrogens with zero attached hydrogens (tertiary/aromatic N) is 2. The third-order valence-electron chi connectivity index (χ3n) is 2.51. The molecule has 0 fully saturated rings. The van der Waals surface area contributed by atoms with Gasteiger partial charge >= 0.3 is 0 Å². The molecule has 102 valence electrons. The Morgan fingerprint density at radius 2 is 1.83 bits per heavy atom. The highest BCUT2D eigenvalue weighted by Crippen LogP contribution is 2.23. The smallest absolute Gasteiger partial charge is 0.133 e. The molecule has 0 atom stereocenters. The van der Waals surface area contributed by atoms with Crippen molar-refractivity contribution in [2.45, 2.75) is 47.0 Å². The lowest BCUT2D eigenvalue weighted by Gasteiger charge is -2.15. The summed E-state index contributed by atoms with van der Waals surface area (Å²) in [7, 11) is 2.05.